The van der Waals surface area contributed by atoms with Crippen molar-refractivity contribution >= 4 is 23.0 Å². The summed E-state index contributed by atoms with van der Waals surface area (Å²) in [6.45, 7) is 16.2. The minimum Gasteiger partial charge on any atom is -0.487 e. The van der Waals surface area contributed by atoms with Crippen molar-refractivity contribution in [3.8, 4) is 22.9 Å². The van der Waals surface area contributed by atoms with Gasteiger partial charge < -0.3 is 29.2 Å². The first-order valence-electron chi connectivity index (χ1n) is 22.6. The number of cyclic esters (lactones) is 1. The van der Waals surface area contributed by atoms with E-state index in [1.54, 1.807) is 24.5 Å². The van der Waals surface area contributed by atoms with Gasteiger partial charge >= 0.3 is 12.1 Å². The van der Waals surface area contributed by atoms with E-state index in [-0.39, 0.29) is 42.1 Å². The molecule has 2 aromatic heterocycles. The van der Waals surface area contributed by atoms with Gasteiger partial charge in [-0.3, -0.25) is 4.79 Å². The summed E-state index contributed by atoms with van der Waals surface area (Å²) in [6.07, 6.45) is 15.2. The number of carbonyl (C=O) groups excluding carboxylic acids is 2. The van der Waals surface area contributed by atoms with Gasteiger partial charge in [-0.1, -0.05) is 41.9 Å². The molecule has 0 unspecified atom stereocenters. The molecular formula is C52H60FN3O7. The molecule has 11 heteroatoms. The summed E-state index contributed by atoms with van der Waals surface area (Å²) < 4.78 is 34.9. The third-order valence-corrected chi connectivity index (χ3v) is 13.8. The number of aliphatic hydroxyl groups is 1. The van der Waals surface area contributed by atoms with Crippen molar-refractivity contribution in [1.29, 1.82) is 0 Å². The molecule has 63 heavy (non-hydrogen) atoms. The number of rotatable bonds is 12. The van der Waals surface area contributed by atoms with E-state index in [4.69, 9.17) is 19.2 Å². The average molecular weight is 858 g/mol. The Morgan fingerprint density at radius 2 is 1.73 bits per heavy atom. The van der Waals surface area contributed by atoms with Gasteiger partial charge in [0.05, 0.1) is 35.1 Å². The van der Waals surface area contributed by atoms with Crippen LogP contribution in [0.3, 0.4) is 0 Å². The Hall–Kier alpha value is -5.55. The number of halogens is 1. The van der Waals surface area contributed by atoms with Crippen LogP contribution in [0, 0.1) is 19.7 Å². The Bertz CT molecular complexity index is 2710. The number of allylic oxidation sites excluding steroid dienone is 6. The fourth-order valence-electron chi connectivity index (χ4n) is 10.0. The first-order valence-corrected chi connectivity index (χ1v) is 22.6. The topological polar surface area (TPSA) is 129 Å². The van der Waals surface area contributed by atoms with Crippen molar-refractivity contribution < 1.29 is 33.3 Å². The maximum absolute atomic E-state index is 15.4. The van der Waals surface area contributed by atoms with Gasteiger partial charge in [-0.2, -0.15) is 0 Å². The van der Waals surface area contributed by atoms with Gasteiger partial charge in [0.15, 0.2) is 5.60 Å². The number of esters is 1. The first-order chi connectivity index (χ1) is 30.0. The van der Waals surface area contributed by atoms with Gasteiger partial charge in [0.2, 0.25) is 0 Å². The van der Waals surface area contributed by atoms with Crippen LogP contribution in [-0.2, 0) is 41.1 Å². The van der Waals surface area contributed by atoms with Gasteiger partial charge in [-0.25, -0.2) is 19.0 Å². The van der Waals surface area contributed by atoms with E-state index < -0.39 is 29.3 Å². The highest BCUT2D eigenvalue weighted by Gasteiger charge is 2.46. The Morgan fingerprint density at radius 1 is 1.00 bits per heavy atom. The number of amides is 1. The SMILES string of the molecule is CC[C@@]1(O)C(=O)OCc2c1cc1n(c2=O)Cc2c-1nc1cc(F)c(C)c3c1c2[C@@H](NC(=O)Oc1cc(C)c2c(c1)CC[C@@](C)(CC/C=C(\C)CC/C=C(\C)CCC=C(C)C)O2)CC3. The molecule has 4 aromatic rings. The summed E-state index contributed by atoms with van der Waals surface area (Å²) in [6, 6.07) is 6.23. The molecule has 0 radical (unpaired) electrons. The highest BCUT2D eigenvalue weighted by molar-refractivity contribution is 5.93. The monoisotopic (exact) mass is 857 g/mol. The summed E-state index contributed by atoms with van der Waals surface area (Å²) >= 11 is 0. The Morgan fingerprint density at radius 3 is 2.46 bits per heavy atom. The second-order valence-corrected chi connectivity index (χ2v) is 18.7. The molecule has 10 nitrogen and oxygen atoms in total. The molecule has 0 fully saturated rings. The van der Waals surface area contributed by atoms with Crippen LogP contribution in [0.25, 0.3) is 22.3 Å². The largest absolute Gasteiger partial charge is 0.487 e. The van der Waals surface area contributed by atoms with Gasteiger partial charge in [-0.15, -0.1) is 0 Å². The molecule has 8 rings (SSSR count). The van der Waals surface area contributed by atoms with Crippen molar-refractivity contribution in [1.82, 2.24) is 14.9 Å². The predicted molar refractivity (Wildman–Crippen MR) is 243 cm³/mol. The molecular weight excluding hydrogens is 798 g/mol. The van der Waals surface area contributed by atoms with Crippen LogP contribution in [0.5, 0.6) is 11.5 Å². The van der Waals surface area contributed by atoms with Gasteiger partial charge in [0, 0.05) is 22.6 Å². The number of benzene rings is 2. The molecule has 0 saturated carbocycles. The van der Waals surface area contributed by atoms with Crippen molar-refractivity contribution in [2.24, 2.45) is 0 Å². The number of aromatic nitrogens is 2. The van der Waals surface area contributed by atoms with E-state index in [2.05, 4.69) is 58.2 Å². The van der Waals surface area contributed by atoms with Gasteiger partial charge in [0.1, 0.15) is 29.5 Å². The normalized spacial score (nSPS) is 21.2. The van der Waals surface area contributed by atoms with E-state index >= 15 is 4.39 Å². The molecule has 2 aromatic carbocycles. The zero-order valence-electron chi connectivity index (χ0n) is 38.0. The number of pyridine rings is 2. The van der Waals surface area contributed by atoms with Crippen LogP contribution in [0.1, 0.15) is 150 Å². The van der Waals surface area contributed by atoms with Crippen LogP contribution in [0.15, 0.2) is 64.0 Å². The van der Waals surface area contributed by atoms with E-state index in [9.17, 15) is 19.5 Å². The van der Waals surface area contributed by atoms with E-state index in [1.807, 2.05) is 19.1 Å². The molecule has 4 aliphatic rings. The second-order valence-electron chi connectivity index (χ2n) is 18.7. The molecule has 1 aliphatic carbocycles. The fraction of sp³-hybridized carbons (Fsp3) is 0.462. The summed E-state index contributed by atoms with van der Waals surface area (Å²) in [4.78, 5) is 45.6. The lowest BCUT2D eigenvalue weighted by Gasteiger charge is -2.37. The number of nitrogens with one attached hydrogen (secondary N) is 1. The zero-order valence-corrected chi connectivity index (χ0v) is 38.0. The molecule has 3 atom stereocenters. The van der Waals surface area contributed by atoms with Gasteiger partial charge in [-0.05, 0) is 165 Å². The lowest BCUT2D eigenvalue weighted by atomic mass is 9.81. The average Bonchev–Trinajstić information content (AvgIpc) is 3.60. The number of carbonyl (C=O) groups is 2. The molecule has 0 bridgehead atoms. The number of nitrogens with zero attached hydrogens (tertiary/aromatic N) is 2. The standard InChI is InChI=1S/C52H60FN3O7/c1-9-52(60)39-25-43-46-37(27-56(43)48(57)38(39)28-61-49(52)58)45-41(19-18-36-33(7)40(53)26-42(54-46)44(36)45)55-50(59)62-35-23-32(6)47-34(24-35)20-22-51(8,63-47)21-12-17-31(5)16-11-15-30(4)14-10-13-29(2)3/h13,15,17,23-26,41,60H,9-12,14,16,18-22,27-28H2,1-8H3,(H,55,59)/b30-15+,31-17+/t41-,51+,52-/m0/s1. The third kappa shape index (κ3) is 8.36. The summed E-state index contributed by atoms with van der Waals surface area (Å²) in [5.74, 6) is 0.0632. The molecule has 332 valence electrons. The van der Waals surface area contributed by atoms with Crippen molar-refractivity contribution in [2.75, 3.05) is 0 Å². The Labute approximate surface area is 369 Å². The zero-order chi connectivity index (χ0) is 45.0. The lowest BCUT2D eigenvalue weighted by molar-refractivity contribution is -0.172. The molecule has 0 spiro atoms. The van der Waals surface area contributed by atoms with E-state index in [0.717, 1.165) is 90.3 Å². The van der Waals surface area contributed by atoms with Crippen LogP contribution >= 0.6 is 0 Å². The lowest BCUT2D eigenvalue weighted by Crippen LogP contribution is -2.44. The maximum Gasteiger partial charge on any atom is 0.413 e. The molecule has 1 amide bonds. The van der Waals surface area contributed by atoms with Crippen molar-refractivity contribution in [2.45, 2.75) is 156 Å². The Balaban J connectivity index is 0.981. The molecule has 5 heterocycles. The number of ether oxygens (including phenoxy) is 3. The third-order valence-electron chi connectivity index (χ3n) is 13.8. The van der Waals surface area contributed by atoms with Crippen LogP contribution in [0.2, 0.25) is 0 Å². The number of hydrogen-bond donors (Lipinski definition) is 2. The Kier molecular flexibility index (Phi) is 12.0. The quantitative estimate of drug-likeness (QED) is 0.0937. The number of fused-ring (bicyclic) bond motifs is 6. The van der Waals surface area contributed by atoms with E-state index in [1.165, 1.54) is 22.8 Å². The summed E-state index contributed by atoms with van der Waals surface area (Å²) in [7, 11) is 0. The molecule has 0 saturated heterocycles. The van der Waals surface area contributed by atoms with Crippen LogP contribution in [-0.4, -0.2) is 32.3 Å². The first kappa shape index (κ1) is 44.1. The molecule has 2 N–H and O–H groups in total. The number of hydrogen-bond acceptors (Lipinski definition) is 8. The van der Waals surface area contributed by atoms with E-state index in [0.29, 0.717) is 41.1 Å². The van der Waals surface area contributed by atoms with Crippen LogP contribution in [0.4, 0.5) is 9.18 Å². The summed E-state index contributed by atoms with van der Waals surface area (Å²) in [5, 5.41) is 15.3. The molecule has 3 aliphatic heterocycles. The van der Waals surface area contributed by atoms with Crippen LogP contribution < -0.4 is 20.3 Å². The fourth-order valence-corrected chi connectivity index (χ4v) is 10.0. The maximum atomic E-state index is 15.4. The summed E-state index contributed by atoms with van der Waals surface area (Å²) in [5.41, 5.74) is 7.90. The van der Waals surface area contributed by atoms with Gasteiger partial charge in [0.25, 0.3) is 5.56 Å². The minimum atomic E-state index is -1.99. The smallest absolute Gasteiger partial charge is 0.413 e. The highest BCUT2D eigenvalue weighted by atomic mass is 19.1. The van der Waals surface area contributed by atoms with Crippen molar-refractivity contribution in [3.63, 3.8) is 0 Å². The van der Waals surface area contributed by atoms with Crippen molar-refractivity contribution in [3.05, 3.63) is 120 Å². The predicted octanol–water partition coefficient (Wildman–Crippen LogP) is 10.9. The number of aryl methyl sites for hydroxylation is 3. The highest BCUT2D eigenvalue weighted by Crippen LogP contribution is 2.46. The minimum absolute atomic E-state index is 0.0110. The second kappa shape index (κ2) is 17.2.